The Hall–Kier alpha value is -1.02. The molecule has 1 rings (SSSR count). The van der Waals surface area contributed by atoms with Gasteiger partial charge in [-0.25, -0.2) is 0 Å². The molecule has 3 N–H and O–H groups in total. The van der Waals surface area contributed by atoms with Gasteiger partial charge in [-0.05, 0) is 30.4 Å². The third kappa shape index (κ3) is 2.48. The van der Waals surface area contributed by atoms with Crippen LogP contribution in [0.5, 0.6) is 5.75 Å². The third-order valence-electron chi connectivity index (χ3n) is 2.47. The van der Waals surface area contributed by atoms with Gasteiger partial charge in [0, 0.05) is 6.04 Å². The Bertz CT molecular complexity index is 305. The molecule has 0 aliphatic rings. The van der Waals surface area contributed by atoms with Crippen LogP contribution in [0, 0.1) is 0 Å². The lowest BCUT2D eigenvalue weighted by Gasteiger charge is -2.27. The highest BCUT2D eigenvalue weighted by atomic mass is 16.3. The first-order valence-corrected chi connectivity index (χ1v) is 4.97. The molecule has 1 aromatic rings. The van der Waals surface area contributed by atoms with Crippen molar-refractivity contribution in [3.05, 3.63) is 29.8 Å². The molecule has 0 saturated carbocycles. The minimum atomic E-state index is -0.0699. The van der Waals surface area contributed by atoms with Crippen LogP contribution in [0.1, 0.15) is 32.8 Å². The van der Waals surface area contributed by atoms with E-state index in [-0.39, 0.29) is 11.5 Å². The molecule has 0 fully saturated rings. The Morgan fingerprint density at radius 1 is 1.36 bits per heavy atom. The van der Waals surface area contributed by atoms with Gasteiger partial charge in [0.15, 0.2) is 0 Å². The lowest BCUT2D eigenvalue weighted by molar-refractivity contribution is 0.401. The number of rotatable bonds is 3. The fourth-order valence-electron chi connectivity index (χ4n) is 1.96. The fraction of sp³-hybridized carbons (Fsp3) is 0.500. The number of phenolic OH excluding ortho intramolecular Hbond substituents is 1. The van der Waals surface area contributed by atoms with Gasteiger partial charge in [-0.2, -0.15) is 0 Å². The predicted molar refractivity (Wildman–Crippen MR) is 59.4 cm³/mol. The van der Waals surface area contributed by atoms with Crippen molar-refractivity contribution in [1.29, 1.82) is 0 Å². The Morgan fingerprint density at radius 2 is 1.93 bits per heavy atom. The van der Waals surface area contributed by atoms with E-state index in [0.29, 0.717) is 5.75 Å². The zero-order chi connectivity index (χ0) is 10.8. The highest BCUT2D eigenvalue weighted by Crippen LogP contribution is 2.33. The second kappa shape index (κ2) is 4.01. The van der Waals surface area contributed by atoms with Gasteiger partial charge in [0.2, 0.25) is 0 Å². The van der Waals surface area contributed by atoms with Gasteiger partial charge in [-0.1, -0.05) is 32.0 Å². The molecule has 14 heavy (non-hydrogen) atoms. The van der Waals surface area contributed by atoms with E-state index in [2.05, 4.69) is 13.8 Å². The average Bonchev–Trinajstić information content (AvgIpc) is 2.02. The van der Waals surface area contributed by atoms with Gasteiger partial charge >= 0.3 is 0 Å². The second-order valence-corrected chi connectivity index (χ2v) is 4.58. The standard InChI is InChI=1S/C12H19NO/c1-9(13)8-12(2,3)10-6-4-5-7-11(10)14/h4-7,9,14H,8,13H2,1-3H3. The average molecular weight is 193 g/mol. The second-order valence-electron chi connectivity index (χ2n) is 4.58. The molecule has 1 atom stereocenters. The Labute approximate surface area is 85.8 Å². The SMILES string of the molecule is CC(N)CC(C)(C)c1ccccc1O. The normalized spacial score (nSPS) is 14.0. The topological polar surface area (TPSA) is 46.2 Å². The summed E-state index contributed by atoms with van der Waals surface area (Å²) in [5.74, 6) is 0.359. The van der Waals surface area contributed by atoms with E-state index in [1.165, 1.54) is 0 Å². The monoisotopic (exact) mass is 193 g/mol. The fourth-order valence-corrected chi connectivity index (χ4v) is 1.96. The number of aromatic hydroxyl groups is 1. The van der Waals surface area contributed by atoms with Gasteiger partial charge < -0.3 is 10.8 Å². The number of phenols is 1. The summed E-state index contributed by atoms with van der Waals surface area (Å²) in [5, 5.41) is 9.72. The van der Waals surface area contributed by atoms with Crippen LogP contribution in [0.25, 0.3) is 0 Å². The zero-order valence-corrected chi connectivity index (χ0v) is 9.12. The van der Waals surface area contributed by atoms with Crippen molar-refractivity contribution in [3.63, 3.8) is 0 Å². The van der Waals surface area contributed by atoms with E-state index in [1.807, 2.05) is 25.1 Å². The van der Waals surface area contributed by atoms with Crippen LogP contribution in [0.3, 0.4) is 0 Å². The van der Waals surface area contributed by atoms with Gasteiger partial charge in [0.25, 0.3) is 0 Å². The molecule has 2 heteroatoms. The first-order valence-electron chi connectivity index (χ1n) is 4.97. The van der Waals surface area contributed by atoms with Crippen molar-refractivity contribution >= 4 is 0 Å². The summed E-state index contributed by atoms with van der Waals surface area (Å²) in [4.78, 5) is 0. The lowest BCUT2D eigenvalue weighted by atomic mass is 9.79. The molecule has 0 aliphatic carbocycles. The first-order chi connectivity index (χ1) is 6.43. The number of para-hydroxylation sites is 1. The van der Waals surface area contributed by atoms with E-state index in [4.69, 9.17) is 5.73 Å². The molecule has 0 heterocycles. The van der Waals surface area contributed by atoms with Crippen molar-refractivity contribution in [2.24, 2.45) is 5.73 Å². The maximum atomic E-state index is 9.72. The third-order valence-corrected chi connectivity index (χ3v) is 2.47. The summed E-state index contributed by atoms with van der Waals surface area (Å²) in [7, 11) is 0. The van der Waals surface area contributed by atoms with Crippen molar-refractivity contribution in [3.8, 4) is 5.75 Å². The molecule has 1 unspecified atom stereocenters. The Balaban J connectivity index is 2.97. The summed E-state index contributed by atoms with van der Waals surface area (Å²) in [5.41, 5.74) is 6.68. The minimum Gasteiger partial charge on any atom is -0.508 e. The number of hydrogen-bond acceptors (Lipinski definition) is 2. The van der Waals surface area contributed by atoms with Gasteiger partial charge in [0.05, 0.1) is 0 Å². The molecule has 2 nitrogen and oxygen atoms in total. The molecule has 0 spiro atoms. The van der Waals surface area contributed by atoms with Crippen LogP contribution < -0.4 is 5.73 Å². The molecule has 78 valence electrons. The molecule has 0 bridgehead atoms. The van der Waals surface area contributed by atoms with Gasteiger partial charge in [0.1, 0.15) is 5.75 Å². The summed E-state index contributed by atoms with van der Waals surface area (Å²) in [6, 6.07) is 7.60. The summed E-state index contributed by atoms with van der Waals surface area (Å²) in [6.07, 6.45) is 0.866. The predicted octanol–water partition coefficient (Wildman–Crippen LogP) is 2.41. The lowest BCUT2D eigenvalue weighted by Crippen LogP contribution is -2.28. The smallest absolute Gasteiger partial charge is 0.119 e. The van der Waals surface area contributed by atoms with Gasteiger partial charge in [-0.15, -0.1) is 0 Å². The van der Waals surface area contributed by atoms with E-state index >= 15 is 0 Å². The Morgan fingerprint density at radius 3 is 2.43 bits per heavy atom. The summed E-state index contributed by atoms with van der Waals surface area (Å²) < 4.78 is 0. The highest BCUT2D eigenvalue weighted by molar-refractivity contribution is 5.37. The summed E-state index contributed by atoms with van der Waals surface area (Å²) in [6.45, 7) is 6.19. The molecule has 1 aromatic carbocycles. The van der Waals surface area contributed by atoms with Crippen molar-refractivity contribution in [1.82, 2.24) is 0 Å². The number of nitrogens with two attached hydrogens (primary N) is 1. The molecular formula is C12H19NO. The van der Waals surface area contributed by atoms with Crippen molar-refractivity contribution in [2.75, 3.05) is 0 Å². The maximum absolute atomic E-state index is 9.72. The molecule has 0 saturated heterocycles. The zero-order valence-electron chi connectivity index (χ0n) is 9.12. The molecule has 0 radical (unpaired) electrons. The summed E-state index contributed by atoms with van der Waals surface area (Å²) >= 11 is 0. The van der Waals surface area contributed by atoms with Crippen LogP contribution in [0.15, 0.2) is 24.3 Å². The first kappa shape index (κ1) is 11.1. The molecule has 0 amide bonds. The van der Waals surface area contributed by atoms with Crippen molar-refractivity contribution in [2.45, 2.75) is 38.6 Å². The van der Waals surface area contributed by atoms with E-state index in [0.717, 1.165) is 12.0 Å². The molecule has 0 aromatic heterocycles. The van der Waals surface area contributed by atoms with Crippen LogP contribution in [-0.2, 0) is 5.41 Å². The minimum absolute atomic E-state index is 0.0699. The largest absolute Gasteiger partial charge is 0.508 e. The maximum Gasteiger partial charge on any atom is 0.119 e. The highest BCUT2D eigenvalue weighted by Gasteiger charge is 2.24. The van der Waals surface area contributed by atoms with Crippen molar-refractivity contribution < 1.29 is 5.11 Å². The van der Waals surface area contributed by atoms with Crippen LogP contribution in [0.4, 0.5) is 0 Å². The van der Waals surface area contributed by atoms with Crippen LogP contribution in [0.2, 0.25) is 0 Å². The van der Waals surface area contributed by atoms with E-state index in [9.17, 15) is 5.11 Å². The Kier molecular flexibility index (Phi) is 3.17. The van der Waals surface area contributed by atoms with E-state index < -0.39 is 0 Å². The molecule has 0 aliphatic heterocycles. The quantitative estimate of drug-likeness (QED) is 0.774. The molecular weight excluding hydrogens is 174 g/mol. The number of hydrogen-bond donors (Lipinski definition) is 2. The van der Waals surface area contributed by atoms with Crippen LogP contribution in [-0.4, -0.2) is 11.1 Å². The van der Waals surface area contributed by atoms with Crippen LogP contribution >= 0.6 is 0 Å². The van der Waals surface area contributed by atoms with Gasteiger partial charge in [-0.3, -0.25) is 0 Å². The van der Waals surface area contributed by atoms with E-state index in [1.54, 1.807) is 6.07 Å². The number of benzene rings is 1.